The van der Waals surface area contributed by atoms with E-state index in [0.717, 1.165) is 5.56 Å². The van der Waals surface area contributed by atoms with E-state index in [1.165, 1.54) is 11.9 Å². The van der Waals surface area contributed by atoms with Crippen LogP contribution < -0.4 is 5.32 Å². The summed E-state index contributed by atoms with van der Waals surface area (Å²) < 4.78 is 0.674. The molecule has 0 amide bonds. The predicted molar refractivity (Wildman–Crippen MR) is 71.0 cm³/mol. The highest BCUT2D eigenvalue weighted by atomic mass is 79.9. The number of pyridine rings is 1. The van der Waals surface area contributed by atoms with E-state index in [4.69, 9.17) is 11.6 Å². The third-order valence-corrected chi connectivity index (χ3v) is 3.60. The first kappa shape index (κ1) is 12.3. The van der Waals surface area contributed by atoms with Gasteiger partial charge >= 0.3 is 0 Å². The lowest BCUT2D eigenvalue weighted by Gasteiger charge is -2.09. The Morgan fingerprint density at radius 3 is 3.00 bits per heavy atom. The van der Waals surface area contributed by atoms with Crippen LogP contribution in [0.5, 0.6) is 0 Å². The van der Waals surface area contributed by atoms with Crippen LogP contribution in [0.3, 0.4) is 0 Å². The zero-order chi connectivity index (χ0) is 12.3. The second-order valence-electron chi connectivity index (χ2n) is 3.48. The molecular weight excluding hydrogens is 304 g/mol. The van der Waals surface area contributed by atoms with Crippen LogP contribution in [-0.2, 0) is 6.54 Å². The quantitative estimate of drug-likeness (QED) is 0.884. The van der Waals surface area contributed by atoms with E-state index < -0.39 is 0 Å². The predicted octanol–water partition coefficient (Wildman–Crippen LogP) is 3.21. The summed E-state index contributed by atoms with van der Waals surface area (Å²) in [4.78, 5) is 12.0. The minimum atomic E-state index is 0.397. The van der Waals surface area contributed by atoms with Gasteiger partial charge in [0, 0.05) is 18.9 Å². The standard InChI is InChI=1S/C11H10BrClN4/c1-7-4-14-3-2-8(7)5-15-11-9(12)10(13)16-6-17-11/h2-4,6H,5H2,1H3,(H,15,16,17). The van der Waals surface area contributed by atoms with Crippen molar-refractivity contribution in [2.24, 2.45) is 0 Å². The third-order valence-electron chi connectivity index (χ3n) is 2.33. The summed E-state index contributed by atoms with van der Waals surface area (Å²) in [7, 11) is 0. The van der Waals surface area contributed by atoms with Crippen molar-refractivity contribution < 1.29 is 0 Å². The van der Waals surface area contributed by atoms with Crippen molar-refractivity contribution in [1.82, 2.24) is 15.0 Å². The molecule has 0 saturated heterocycles. The van der Waals surface area contributed by atoms with Crippen molar-refractivity contribution >= 4 is 33.3 Å². The van der Waals surface area contributed by atoms with Crippen LogP contribution in [0.1, 0.15) is 11.1 Å². The van der Waals surface area contributed by atoms with E-state index in [1.54, 1.807) is 6.20 Å². The second-order valence-corrected chi connectivity index (χ2v) is 4.63. The Labute approximate surface area is 113 Å². The maximum absolute atomic E-state index is 5.88. The van der Waals surface area contributed by atoms with Crippen molar-refractivity contribution in [3.63, 3.8) is 0 Å². The zero-order valence-electron chi connectivity index (χ0n) is 9.11. The Hall–Kier alpha value is -1.20. The van der Waals surface area contributed by atoms with Crippen LogP contribution in [0.25, 0.3) is 0 Å². The number of nitrogens with zero attached hydrogens (tertiary/aromatic N) is 3. The number of halogens is 2. The van der Waals surface area contributed by atoms with Gasteiger partial charge in [-0.2, -0.15) is 0 Å². The lowest BCUT2D eigenvalue weighted by molar-refractivity contribution is 1.05. The summed E-state index contributed by atoms with van der Waals surface area (Å²) in [6.07, 6.45) is 5.03. The van der Waals surface area contributed by atoms with E-state index in [2.05, 4.69) is 36.2 Å². The fraction of sp³-hybridized carbons (Fsp3) is 0.182. The number of hydrogen-bond donors (Lipinski definition) is 1. The Morgan fingerprint density at radius 2 is 2.24 bits per heavy atom. The normalized spacial score (nSPS) is 10.3. The molecule has 0 spiro atoms. The summed E-state index contributed by atoms with van der Waals surface area (Å²) in [6.45, 7) is 2.69. The highest BCUT2D eigenvalue weighted by Crippen LogP contribution is 2.26. The zero-order valence-corrected chi connectivity index (χ0v) is 11.5. The smallest absolute Gasteiger partial charge is 0.148 e. The van der Waals surface area contributed by atoms with Gasteiger partial charge in [-0.05, 0) is 40.0 Å². The molecule has 6 heteroatoms. The number of anilines is 1. The van der Waals surface area contributed by atoms with Gasteiger partial charge in [0.1, 0.15) is 17.3 Å². The van der Waals surface area contributed by atoms with Crippen LogP contribution in [0.15, 0.2) is 29.3 Å². The Bertz CT molecular complexity index is 533. The number of rotatable bonds is 3. The molecule has 2 heterocycles. The van der Waals surface area contributed by atoms with E-state index in [1.807, 2.05) is 19.2 Å². The number of hydrogen-bond acceptors (Lipinski definition) is 4. The molecule has 0 saturated carbocycles. The van der Waals surface area contributed by atoms with E-state index in [-0.39, 0.29) is 0 Å². The van der Waals surface area contributed by atoms with Gasteiger partial charge in [-0.15, -0.1) is 0 Å². The number of aromatic nitrogens is 3. The van der Waals surface area contributed by atoms with E-state index in [0.29, 0.717) is 22.0 Å². The van der Waals surface area contributed by atoms with E-state index >= 15 is 0 Å². The maximum atomic E-state index is 5.88. The van der Waals surface area contributed by atoms with Crippen molar-refractivity contribution in [2.45, 2.75) is 13.5 Å². The summed E-state index contributed by atoms with van der Waals surface area (Å²) in [5, 5.41) is 3.60. The second kappa shape index (κ2) is 5.42. The molecule has 0 aliphatic heterocycles. The molecule has 0 aromatic carbocycles. The van der Waals surface area contributed by atoms with Gasteiger partial charge in [-0.25, -0.2) is 9.97 Å². The van der Waals surface area contributed by atoms with Gasteiger partial charge < -0.3 is 5.32 Å². The lowest BCUT2D eigenvalue weighted by atomic mass is 10.1. The van der Waals surface area contributed by atoms with Crippen LogP contribution in [-0.4, -0.2) is 15.0 Å². The summed E-state index contributed by atoms with van der Waals surface area (Å²) in [6, 6.07) is 1.97. The van der Waals surface area contributed by atoms with Crippen molar-refractivity contribution in [1.29, 1.82) is 0 Å². The largest absolute Gasteiger partial charge is 0.365 e. The molecule has 88 valence electrons. The molecule has 4 nitrogen and oxygen atoms in total. The summed E-state index contributed by atoms with van der Waals surface area (Å²) in [5.74, 6) is 0.682. The van der Waals surface area contributed by atoms with Crippen molar-refractivity contribution in [3.05, 3.63) is 45.5 Å². The SMILES string of the molecule is Cc1cnccc1CNc1ncnc(Cl)c1Br. The van der Waals surface area contributed by atoms with E-state index in [9.17, 15) is 0 Å². The van der Waals surface area contributed by atoms with Crippen LogP contribution in [0.4, 0.5) is 5.82 Å². The van der Waals surface area contributed by atoms with Gasteiger partial charge in [0.25, 0.3) is 0 Å². The molecule has 0 radical (unpaired) electrons. The molecule has 2 rings (SSSR count). The molecule has 0 unspecified atom stereocenters. The molecule has 0 aliphatic carbocycles. The van der Waals surface area contributed by atoms with Gasteiger partial charge in [0.05, 0.1) is 4.47 Å². The van der Waals surface area contributed by atoms with Gasteiger partial charge in [0.15, 0.2) is 0 Å². The average molecular weight is 314 g/mol. The Balaban J connectivity index is 2.13. The molecule has 0 aliphatic rings. The molecule has 0 fully saturated rings. The molecule has 2 aromatic rings. The summed E-state index contributed by atoms with van der Waals surface area (Å²) in [5.41, 5.74) is 2.30. The van der Waals surface area contributed by atoms with Gasteiger partial charge in [-0.3, -0.25) is 4.98 Å². The van der Waals surface area contributed by atoms with Gasteiger partial charge in [-0.1, -0.05) is 11.6 Å². The number of nitrogens with one attached hydrogen (secondary N) is 1. The molecule has 0 atom stereocenters. The maximum Gasteiger partial charge on any atom is 0.148 e. The Morgan fingerprint density at radius 1 is 1.41 bits per heavy atom. The fourth-order valence-corrected chi connectivity index (χ4v) is 1.83. The average Bonchev–Trinajstić information content (AvgIpc) is 2.33. The monoisotopic (exact) mass is 312 g/mol. The lowest BCUT2D eigenvalue weighted by Crippen LogP contribution is -2.04. The third kappa shape index (κ3) is 2.92. The molecule has 17 heavy (non-hydrogen) atoms. The first-order chi connectivity index (χ1) is 8.18. The van der Waals surface area contributed by atoms with Gasteiger partial charge in [0.2, 0.25) is 0 Å². The van der Waals surface area contributed by atoms with Crippen molar-refractivity contribution in [2.75, 3.05) is 5.32 Å². The first-order valence-electron chi connectivity index (χ1n) is 4.98. The van der Waals surface area contributed by atoms with Crippen LogP contribution in [0.2, 0.25) is 5.15 Å². The van der Waals surface area contributed by atoms with Crippen LogP contribution >= 0.6 is 27.5 Å². The highest BCUT2D eigenvalue weighted by Gasteiger charge is 2.06. The molecule has 1 N–H and O–H groups in total. The molecule has 2 aromatic heterocycles. The Kier molecular flexibility index (Phi) is 3.91. The van der Waals surface area contributed by atoms with Crippen molar-refractivity contribution in [3.8, 4) is 0 Å². The molecular formula is C11H10BrClN4. The first-order valence-corrected chi connectivity index (χ1v) is 6.15. The topological polar surface area (TPSA) is 50.7 Å². The van der Waals surface area contributed by atoms with Crippen LogP contribution in [0, 0.1) is 6.92 Å². The fourth-order valence-electron chi connectivity index (χ4n) is 1.35. The summed E-state index contributed by atoms with van der Waals surface area (Å²) >= 11 is 9.22. The highest BCUT2D eigenvalue weighted by molar-refractivity contribution is 9.10. The minimum Gasteiger partial charge on any atom is -0.365 e. The minimum absolute atomic E-state index is 0.397. The molecule has 0 bridgehead atoms. The number of aryl methyl sites for hydroxylation is 1.